The van der Waals surface area contributed by atoms with Gasteiger partial charge in [-0.1, -0.05) is 0 Å². The second-order valence-electron chi connectivity index (χ2n) is 4.80. The van der Waals surface area contributed by atoms with E-state index in [1.807, 2.05) is 0 Å². The van der Waals surface area contributed by atoms with Crippen LogP contribution < -0.4 is 15.4 Å². The van der Waals surface area contributed by atoms with Gasteiger partial charge in [0.05, 0.1) is 30.2 Å². The first-order valence-corrected chi connectivity index (χ1v) is 9.08. The first kappa shape index (κ1) is 20.6. The lowest BCUT2D eigenvalue weighted by molar-refractivity contribution is -0.125. The summed E-state index contributed by atoms with van der Waals surface area (Å²) in [4.78, 5) is 34.2. The molecular weight excluding hydrogens is 350 g/mol. The zero-order valence-corrected chi connectivity index (χ0v) is 14.8. The summed E-state index contributed by atoms with van der Waals surface area (Å²) < 4.78 is 31.1. The fraction of sp³-hybridized carbons (Fsp3) is 0.400. The first-order valence-electron chi connectivity index (χ1n) is 7.60. The number of sulfonamides is 1. The number of benzene rings is 1. The van der Waals surface area contributed by atoms with Gasteiger partial charge in [0, 0.05) is 6.54 Å². The van der Waals surface area contributed by atoms with Gasteiger partial charge in [0.1, 0.15) is 0 Å². The van der Waals surface area contributed by atoms with E-state index in [1.165, 1.54) is 24.3 Å². The van der Waals surface area contributed by atoms with Crippen LogP contribution in [0.15, 0.2) is 29.2 Å². The SMILES string of the molecule is CCNC(=O)CNC(=O)CNS(=O)(=O)c1ccc(C(=O)OCC)cc1. The topological polar surface area (TPSA) is 131 Å². The predicted molar refractivity (Wildman–Crippen MR) is 89.3 cm³/mol. The van der Waals surface area contributed by atoms with Gasteiger partial charge in [0.15, 0.2) is 0 Å². The van der Waals surface area contributed by atoms with Crippen LogP contribution in [0.25, 0.3) is 0 Å². The van der Waals surface area contributed by atoms with Crippen molar-refractivity contribution in [1.82, 2.24) is 15.4 Å². The molecule has 0 atom stereocenters. The summed E-state index contributed by atoms with van der Waals surface area (Å²) in [7, 11) is -3.92. The van der Waals surface area contributed by atoms with Gasteiger partial charge in [0.25, 0.3) is 0 Å². The molecule has 0 radical (unpaired) electrons. The number of carbonyl (C=O) groups excluding carboxylic acids is 3. The number of hydrogen-bond acceptors (Lipinski definition) is 6. The van der Waals surface area contributed by atoms with Crippen molar-refractivity contribution < 1.29 is 27.5 Å². The van der Waals surface area contributed by atoms with Crippen molar-refractivity contribution in [2.75, 3.05) is 26.2 Å². The maximum absolute atomic E-state index is 12.1. The lowest BCUT2D eigenvalue weighted by atomic mass is 10.2. The summed E-state index contributed by atoms with van der Waals surface area (Å²) in [5, 5.41) is 4.78. The number of esters is 1. The van der Waals surface area contributed by atoms with Crippen molar-refractivity contribution >= 4 is 27.8 Å². The number of rotatable bonds is 9. The number of carbonyl (C=O) groups is 3. The van der Waals surface area contributed by atoms with Gasteiger partial charge in [-0.2, -0.15) is 0 Å². The molecule has 0 aromatic heterocycles. The second-order valence-corrected chi connectivity index (χ2v) is 6.57. The highest BCUT2D eigenvalue weighted by Gasteiger charge is 2.17. The molecule has 0 fully saturated rings. The van der Waals surface area contributed by atoms with Crippen LogP contribution >= 0.6 is 0 Å². The van der Waals surface area contributed by atoms with Crippen LogP contribution in [0.2, 0.25) is 0 Å². The molecule has 0 heterocycles. The number of amides is 2. The van der Waals surface area contributed by atoms with Crippen molar-refractivity contribution in [3.8, 4) is 0 Å². The van der Waals surface area contributed by atoms with E-state index in [2.05, 4.69) is 15.4 Å². The van der Waals surface area contributed by atoms with E-state index < -0.39 is 28.4 Å². The van der Waals surface area contributed by atoms with Crippen LogP contribution in [0, 0.1) is 0 Å². The van der Waals surface area contributed by atoms with E-state index in [0.717, 1.165) is 0 Å². The molecule has 1 aromatic rings. The molecule has 3 N–H and O–H groups in total. The van der Waals surface area contributed by atoms with Crippen molar-refractivity contribution in [3.63, 3.8) is 0 Å². The normalized spacial score (nSPS) is 10.8. The Morgan fingerprint density at radius 3 is 2.12 bits per heavy atom. The molecule has 1 rings (SSSR count). The van der Waals surface area contributed by atoms with Crippen LogP contribution in [0.4, 0.5) is 0 Å². The minimum atomic E-state index is -3.92. The third kappa shape index (κ3) is 6.89. The Bertz CT molecular complexity index is 715. The largest absolute Gasteiger partial charge is 0.462 e. The van der Waals surface area contributed by atoms with Gasteiger partial charge in [-0.15, -0.1) is 0 Å². The van der Waals surface area contributed by atoms with E-state index in [9.17, 15) is 22.8 Å². The van der Waals surface area contributed by atoms with Crippen LogP contribution in [0.3, 0.4) is 0 Å². The summed E-state index contributed by atoms with van der Waals surface area (Å²) >= 11 is 0. The maximum Gasteiger partial charge on any atom is 0.338 e. The summed E-state index contributed by atoms with van der Waals surface area (Å²) in [5.74, 6) is -1.56. The lowest BCUT2D eigenvalue weighted by Crippen LogP contribution is -2.41. The number of ether oxygens (including phenoxy) is 1. The van der Waals surface area contributed by atoms with Gasteiger partial charge in [-0.05, 0) is 38.1 Å². The molecule has 0 aliphatic heterocycles. The predicted octanol–water partition coefficient (Wildman–Crippen LogP) is -0.606. The Morgan fingerprint density at radius 1 is 0.960 bits per heavy atom. The van der Waals surface area contributed by atoms with Crippen LogP contribution in [0.5, 0.6) is 0 Å². The molecule has 0 spiro atoms. The van der Waals surface area contributed by atoms with Crippen LogP contribution in [-0.4, -0.2) is 52.4 Å². The molecule has 0 bridgehead atoms. The first-order chi connectivity index (χ1) is 11.8. The van der Waals surface area contributed by atoms with Crippen LogP contribution in [0.1, 0.15) is 24.2 Å². The standard InChI is InChI=1S/C15H21N3O6S/c1-3-16-13(19)9-17-14(20)10-18-25(22,23)12-7-5-11(6-8-12)15(21)24-4-2/h5-8,18H,3-4,9-10H2,1-2H3,(H,16,19)(H,17,20). The molecule has 10 heteroatoms. The zero-order chi connectivity index (χ0) is 18.9. The van der Waals surface area contributed by atoms with E-state index in [0.29, 0.717) is 6.54 Å². The Morgan fingerprint density at radius 2 is 1.56 bits per heavy atom. The molecule has 0 saturated carbocycles. The molecule has 138 valence electrons. The molecular formula is C15H21N3O6S. The Hall–Kier alpha value is -2.46. The number of nitrogens with one attached hydrogen (secondary N) is 3. The number of likely N-dealkylation sites (N-methyl/N-ethyl adjacent to an activating group) is 1. The Balaban J connectivity index is 2.59. The molecule has 2 amide bonds. The van der Waals surface area contributed by atoms with Crippen molar-refractivity contribution in [1.29, 1.82) is 0 Å². The molecule has 9 nitrogen and oxygen atoms in total. The van der Waals surface area contributed by atoms with Gasteiger partial charge in [0.2, 0.25) is 21.8 Å². The molecule has 0 aliphatic rings. The van der Waals surface area contributed by atoms with Crippen molar-refractivity contribution in [2.24, 2.45) is 0 Å². The third-order valence-corrected chi connectivity index (χ3v) is 4.34. The molecule has 0 saturated heterocycles. The quantitative estimate of drug-likeness (QED) is 0.497. The fourth-order valence-electron chi connectivity index (χ4n) is 1.73. The van der Waals surface area contributed by atoms with Crippen molar-refractivity contribution in [2.45, 2.75) is 18.7 Å². The molecule has 1 aromatic carbocycles. The summed E-state index contributed by atoms with van der Waals surface area (Å²) in [6, 6.07) is 5.12. The van der Waals surface area contributed by atoms with Crippen molar-refractivity contribution in [3.05, 3.63) is 29.8 Å². The summed E-state index contributed by atoms with van der Waals surface area (Å²) in [6.07, 6.45) is 0. The average Bonchev–Trinajstić information content (AvgIpc) is 2.59. The Kier molecular flexibility index (Phi) is 8.02. The van der Waals surface area contributed by atoms with Gasteiger partial charge in [-0.3, -0.25) is 9.59 Å². The van der Waals surface area contributed by atoms with E-state index in [1.54, 1.807) is 13.8 Å². The highest BCUT2D eigenvalue weighted by molar-refractivity contribution is 7.89. The van der Waals surface area contributed by atoms with Crippen LogP contribution in [-0.2, 0) is 24.3 Å². The molecule has 0 aliphatic carbocycles. The minimum Gasteiger partial charge on any atom is -0.462 e. The molecule has 25 heavy (non-hydrogen) atoms. The van der Waals surface area contributed by atoms with Gasteiger partial charge < -0.3 is 15.4 Å². The number of hydrogen-bond donors (Lipinski definition) is 3. The monoisotopic (exact) mass is 371 g/mol. The van der Waals surface area contributed by atoms with E-state index >= 15 is 0 Å². The smallest absolute Gasteiger partial charge is 0.338 e. The summed E-state index contributed by atoms with van der Waals surface area (Å²) in [6.45, 7) is 3.30. The maximum atomic E-state index is 12.1. The fourth-order valence-corrected chi connectivity index (χ4v) is 2.71. The van der Waals surface area contributed by atoms with Gasteiger partial charge in [-0.25, -0.2) is 17.9 Å². The highest BCUT2D eigenvalue weighted by Crippen LogP contribution is 2.11. The minimum absolute atomic E-state index is 0.0999. The summed E-state index contributed by atoms with van der Waals surface area (Å²) in [5.41, 5.74) is 0.223. The third-order valence-electron chi connectivity index (χ3n) is 2.92. The Labute approximate surface area is 146 Å². The highest BCUT2D eigenvalue weighted by atomic mass is 32.2. The van der Waals surface area contributed by atoms with E-state index in [-0.39, 0.29) is 29.5 Å². The van der Waals surface area contributed by atoms with E-state index in [4.69, 9.17) is 4.74 Å². The second kappa shape index (κ2) is 9.74. The molecule has 0 unspecified atom stereocenters. The lowest BCUT2D eigenvalue weighted by Gasteiger charge is -2.08. The van der Waals surface area contributed by atoms with Gasteiger partial charge >= 0.3 is 5.97 Å². The average molecular weight is 371 g/mol. The zero-order valence-electron chi connectivity index (χ0n) is 14.0.